The van der Waals surface area contributed by atoms with Gasteiger partial charge in [0.25, 0.3) is 0 Å². The second-order valence-electron chi connectivity index (χ2n) is 3.35. The van der Waals surface area contributed by atoms with Crippen molar-refractivity contribution in [3.63, 3.8) is 0 Å². The fourth-order valence-corrected chi connectivity index (χ4v) is 2.79. The Labute approximate surface area is 98.3 Å². The molecule has 0 saturated heterocycles. The van der Waals surface area contributed by atoms with Crippen LogP contribution in [-0.4, -0.2) is 6.26 Å². The Hall–Kier alpha value is -0.930. The first-order valence-corrected chi connectivity index (χ1v) is 6.75. The maximum Gasteiger partial charge on any atom is 0.0865 e. The SMILES string of the molecule is CSc1ccc(-c2cc(N)sc2C)cc1. The molecule has 0 saturated carbocycles. The molecule has 0 spiro atoms. The van der Waals surface area contributed by atoms with E-state index < -0.39 is 0 Å². The molecule has 0 unspecified atom stereocenters. The van der Waals surface area contributed by atoms with Crippen molar-refractivity contribution in [2.24, 2.45) is 0 Å². The molecule has 2 aromatic rings. The number of hydrogen-bond acceptors (Lipinski definition) is 3. The van der Waals surface area contributed by atoms with Gasteiger partial charge in [0.15, 0.2) is 0 Å². The summed E-state index contributed by atoms with van der Waals surface area (Å²) in [4.78, 5) is 2.57. The van der Waals surface area contributed by atoms with Gasteiger partial charge in [0.05, 0.1) is 5.00 Å². The molecule has 1 heterocycles. The van der Waals surface area contributed by atoms with Gasteiger partial charge in [-0.15, -0.1) is 23.1 Å². The lowest BCUT2D eigenvalue weighted by Gasteiger charge is -2.01. The van der Waals surface area contributed by atoms with Gasteiger partial charge in [-0.05, 0) is 42.5 Å². The van der Waals surface area contributed by atoms with Crippen LogP contribution in [0.3, 0.4) is 0 Å². The van der Waals surface area contributed by atoms with Crippen LogP contribution in [0, 0.1) is 6.92 Å². The zero-order valence-electron chi connectivity index (χ0n) is 8.78. The third kappa shape index (κ3) is 2.19. The van der Waals surface area contributed by atoms with Crippen molar-refractivity contribution in [3.8, 4) is 11.1 Å². The molecule has 0 aliphatic heterocycles. The lowest BCUT2D eigenvalue weighted by molar-refractivity contribution is 1.46. The lowest BCUT2D eigenvalue weighted by Crippen LogP contribution is -1.78. The molecule has 1 nitrogen and oxygen atoms in total. The van der Waals surface area contributed by atoms with Crippen LogP contribution >= 0.6 is 23.1 Å². The second kappa shape index (κ2) is 4.29. The monoisotopic (exact) mass is 235 g/mol. The number of rotatable bonds is 2. The van der Waals surface area contributed by atoms with Gasteiger partial charge in [-0.1, -0.05) is 12.1 Å². The Balaban J connectivity index is 2.41. The Kier molecular flexibility index (Phi) is 3.03. The molecule has 0 aliphatic carbocycles. The molecule has 2 N–H and O–H groups in total. The minimum absolute atomic E-state index is 0.886. The van der Waals surface area contributed by atoms with Gasteiger partial charge in [-0.3, -0.25) is 0 Å². The van der Waals surface area contributed by atoms with E-state index in [-0.39, 0.29) is 0 Å². The maximum atomic E-state index is 5.79. The third-order valence-corrected chi connectivity index (χ3v) is 3.96. The summed E-state index contributed by atoms with van der Waals surface area (Å²) in [5, 5.41) is 0.886. The molecule has 78 valence electrons. The van der Waals surface area contributed by atoms with Crippen LogP contribution in [0.15, 0.2) is 35.2 Å². The quantitative estimate of drug-likeness (QED) is 0.795. The van der Waals surface area contributed by atoms with Crippen molar-refractivity contribution in [2.75, 3.05) is 12.0 Å². The van der Waals surface area contributed by atoms with Crippen molar-refractivity contribution in [3.05, 3.63) is 35.2 Å². The van der Waals surface area contributed by atoms with Crippen molar-refractivity contribution >= 4 is 28.1 Å². The molecule has 0 atom stereocenters. The highest BCUT2D eigenvalue weighted by Crippen LogP contribution is 2.33. The molecule has 0 bridgehead atoms. The van der Waals surface area contributed by atoms with Gasteiger partial charge in [0.2, 0.25) is 0 Å². The smallest absolute Gasteiger partial charge is 0.0865 e. The first-order chi connectivity index (χ1) is 7.20. The van der Waals surface area contributed by atoms with Crippen LogP contribution in [-0.2, 0) is 0 Å². The molecule has 2 rings (SSSR count). The van der Waals surface area contributed by atoms with Crippen molar-refractivity contribution in [2.45, 2.75) is 11.8 Å². The average molecular weight is 235 g/mol. The summed E-state index contributed by atoms with van der Waals surface area (Å²) >= 11 is 3.41. The topological polar surface area (TPSA) is 26.0 Å². The standard InChI is InChI=1S/C12H13NS2/c1-8-11(7-12(13)15-8)9-3-5-10(14-2)6-4-9/h3-7H,13H2,1-2H3. The van der Waals surface area contributed by atoms with E-state index in [0.717, 1.165) is 5.00 Å². The number of thiophene rings is 1. The minimum Gasteiger partial charge on any atom is -0.391 e. The van der Waals surface area contributed by atoms with E-state index in [4.69, 9.17) is 5.73 Å². The van der Waals surface area contributed by atoms with Crippen LogP contribution in [0.1, 0.15) is 4.88 Å². The van der Waals surface area contributed by atoms with Gasteiger partial charge in [-0.2, -0.15) is 0 Å². The molecular weight excluding hydrogens is 222 g/mol. The molecule has 0 radical (unpaired) electrons. The summed E-state index contributed by atoms with van der Waals surface area (Å²) < 4.78 is 0. The molecule has 15 heavy (non-hydrogen) atoms. The van der Waals surface area contributed by atoms with Gasteiger partial charge in [-0.25, -0.2) is 0 Å². The summed E-state index contributed by atoms with van der Waals surface area (Å²) in [6.45, 7) is 2.11. The molecule has 1 aromatic carbocycles. The van der Waals surface area contributed by atoms with Crippen LogP contribution in [0.4, 0.5) is 5.00 Å². The van der Waals surface area contributed by atoms with E-state index in [1.165, 1.54) is 20.9 Å². The number of hydrogen-bond donors (Lipinski definition) is 1. The summed E-state index contributed by atoms with van der Waals surface area (Å²) in [6, 6.07) is 10.6. The van der Waals surface area contributed by atoms with Gasteiger partial charge < -0.3 is 5.73 Å². The lowest BCUT2D eigenvalue weighted by atomic mass is 10.1. The van der Waals surface area contributed by atoms with Crippen LogP contribution in [0.5, 0.6) is 0 Å². The van der Waals surface area contributed by atoms with Gasteiger partial charge in [0.1, 0.15) is 0 Å². The second-order valence-corrected chi connectivity index (χ2v) is 5.51. The van der Waals surface area contributed by atoms with Crippen molar-refractivity contribution < 1.29 is 0 Å². The van der Waals surface area contributed by atoms with E-state index in [9.17, 15) is 0 Å². The maximum absolute atomic E-state index is 5.79. The molecular formula is C12H13NS2. The number of aryl methyl sites for hydroxylation is 1. The third-order valence-electron chi connectivity index (χ3n) is 2.34. The Morgan fingerprint density at radius 2 is 1.87 bits per heavy atom. The summed E-state index contributed by atoms with van der Waals surface area (Å²) in [7, 11) is 0. The Morgan fingerprint density at radius 1 is 1.20 bits per heavy atom. The highest BCUT2D eigenvalue weighted by Gasteiger charge is 2.05. The van der Waals surface area contributed by atoms with E-state index in [1.54, 1.807) is 23.1 Å². The molecule has 0 fully saturated rings. The highest BCUT2D eigenvalue weighted by atomic mass is 32.2. The molecule has 0 aliphatic rings. The zero-order valence-corrected chi connectivity index (χ0v) is 10.4. The van der Waals surface area contributed by atoms with E-state index in [2.05, 4.69) is 37.4 Å². The summed E-state index contributed by atoms with van der Waals surface area (Å²) in [5.74, 6) is 0. The molecule has 3 heteroatoms. The Bertz CT molecular complexity index is 457. The first-order valence-electron chi connectivity index (χ1n) is 4.71. The predicted molar refractivity (Wildman–Crippen MR) is 70.7 cm³/mol. The summed E-state index contributed by atoms with van der Waals surface area (Å²) in [6.07, 6.45) is 2.09. The fraction of sp³-hybridized carbons (Fsp3) is 0.167. The Morgan fingerprint density at radius 3 is 2.33 bits per heavy atom. The van der Waals surface area contributed by atoms with Gasteiger partial charge in [0, 0.05) is 9.77 Å². The van der Waals surface area contributed by atoms with Crippen LogP contribution in [0.2, 0.25) is 0 Å². The van der Waals surface area contributed by atoms with Gasteiger partial charge >= 0.3 is 0 Å². The summed E-state index contributed by atoms with van der Waals surface area (Å²) in [5.41, 5.74) is 8.29. The zero-order chi connectivity index (χ0) is 10.8. The van der Waals surface area contributed by atoms with Crippen LogP contribution < -0.4 is 5.73 Å². The minimum atomic E-state index is 0.886. The normalized spacial score (nSPS) is 10.5. The average Bonchev–Trinajstić information content (AvgIpc) is 2.58. The van der Waals surface area contributed by atoms with E-state index in [1.807, 2.05) is 6.07 Å². The molecule has 0 amide bonds. The largest absolute Gasteiger partial charge is 0.391 e. The first kappa shape index (κ1) is 10.6. The predicted octanol–water partition coefficient (Wildman–Crippen LogP) is 4.03. The number of nitrogen functional groups attached to an aromatic ring is 1. The number of anilines is 1. The van der Waals surface area contributed by atoms with E-state index in [0.29, 0.717) is 0 Å². The highest BCUT2D eigenvalue weighted by molar-refractivity contribution is 7.98. The number of thioether (sulfide) groups is 1. The van der Waals surface area contributed by atoms with Crippen molar-refractivity contribution in [1.82, 2.24) is 0 Å². The molecule has 1 aromatic heterocycles. The van der Waals surface area contributed by atoms with E-state index >= 15 is 0 Å². The number of benzene rings is 1. The van der Waals surface area contributed by atoms with Crippen LogP contribution in [0.25, 0.3) is 11.1 Å². The number of nitrogens with two attached hydrogens (primary N) is 1. The fourth-order valence-electron chi connectivity index (χ4n) is 1.56. The van der Waals surface area contributed by atoms with Crippen molar-refractivity contribution in [1.29, 1.82) is 0 Å².